The number of hydrogen-bond donors (Lipinski definition) is 0. The quantitative estimate of drug-likeness (QED) is 0.863. The third-order valence-electron chi connectivity index (χ3n) is 4.17. The Balaban J connectivity index is 1.89. The second kappa shape index (κ2) is 6.59. The Labute approximate surface area is 138 Å². The lowest BCUT2D eigenvalue weighted by atomic mass is 10.1. The molecule has 7 heteroatoms. The van der Waals surface area contributed by atoms with Gasteiger partial charge in [-0.25, -0.2) is 13.5 Å². The van der Waals surface area contributed by atoms with Crippen molar-refractivity contribution in [1.29, 1.82) is 0 Å². The van der Waals surface area contributed by atoms with Crippen molar-refractivity contribution in [2.24, 2.45) is 0 Å². The molecular formula is C17H19F2N3O2. The molecule has 1 aliphatic heterocycles. The van der Waals surface area contributed by atoms with Crippen molar-refractivity contribution in [2.45, 2.75) is 33.4 Å². The van der Waals surface area contributed by atoms with Crippen LogP contribution < -0.4 is 4.74 Å². The molecule has 0 fully saturated rings. The molecule has 0 radical (unpaired) electrons. The monoisotopic (exact) mass is 335 g/mol. The summed E-state index contributed by atoms with van der Waals surface area (Å²) in [4.78, 5) is 14.2. The summed E-state index contributed by atoms with van der Waals surface area (Å²) in [5, 5.41) is 4.32. The van der Waals surface area contributed by atoms with Crippen LogP contribution in [-0.2, 0) is 13.1 Å². The van der Waals surface area contributed by atoms with Gasteiger partial charge in [-0.1, -0.05) is 6.07 Å². The molecule has 0 spiro atoms. The number of hydrogen-bond acceptors (Lipinski definition) is 3. The molecule has 0 N–H and O–H groups in total. The van der Waals surface area contributed by atoms with E-state index in [1.165, 1.54) is 23.1 Å². The first-order valence-electron chi connectivity index (χ1n) is 7.95. The molecule has 0 aliphatic carbocycles. The maximum Gasteiger partial charge on any atom is 0.275 e. The number of halogens is 2. The van der Waals surface area contributed by atoms with E-state index >= 15 is 0 Å². The number of amides is 1. The second-order valence-corrected chi connectivity index (χ2v) is 5.72. The van der Waals surface area contributed by atoms with E-state index in [-0.39, 0.29) is 23.7 Å². The van der Waals surface area contributed by atoms with Gasteiger partial charge in [0.2, 0.25) is 5.88 Å². The van der Waals surface area contributed by atoms with Crippen LogP contribution in [0.5, 0.6) is 5.88 Å². The van der Waals surface area contributed by atoms with Gasteiger partial charge >= 0.3 is 0 Å². The third kappa shape index (κ3) is 2.86. The van der Waals surface area contributed by atoms with E-state index in [0.717, 1.165) is 6.42 Å². The Bertz CT molecular complexity index is 753. The summed E-state index contributed by atoms with van der Waals surface area (Å²) in [6, 6.07) is 3.67. The molecule has 0 atom stereocenters. The molecule has 1 aromatic heterocycles. The van der Waals surface area contributed by atoms with E-state index in [0.29, 0.717) is 31.1 Å². The van der Waals surface area contributed by atoms with Crippen molar-refractivity contribution in [3.05, 3.63) is 46.7 Å². The molecule has 0 bridgehead atoms. The van der Waals surface area contributed by atoms with Crippen LogP contribution in [0.3, 0.4) is 0 Å². The maximum atomic E-state index is 13.9. The van der Waals surface area contributed by atoms with Gasteiger partial charge in [0, 0.05) is 30.6 Å². The Morgan fingerprint density at radius 3 is 2.71 bits per heavy atom. The SMILES string of the molecule is CCN(Cc1c(F)cccc1F)C(=O)c1nn2c(c1C)OCCC2. The number of ether oxygens (including phenoxy) is 1. The average molecular weight is 335 g/mol. The topological polar surface area (TPSA) is 47.4 Å². The van der Waals surface area contributed by atoms with Crippen LogP contribution in [0.4, 0.5) is 8.78 Å². The summed E-state index contributed by atoms with van der Waals surface area (Å²) in [5.41, 5.74) is 0.809. The van der Waals surface area contributed by atoms with Crippen LogP contribution >= 0.6 is 0 Å². The predicted molar refractivity (Wildman–Crippen MR) is 83.8 cm³/mol. The Kier molecular flexibility index (Phi) is 4.51. The minimum Gasteiger partial charge on any atom is -0.478 e. The molecule has 0 unspecified atom stereocenters. The van der Waals surface area contributed by atoms with Crippen LogP contribution in [0.2, 0.25) is 0 Å². The van der Waals surface area contributed by atoms with E-state index in [2.05, 4.69) is 5.10 Å². The smallest absolute Gasteiger partial charge is 0.275 e. The van der Waals surface area contributed by atoms with E-state index in [4.69, 9.17) is 4.74 Å². The van der Waals surface area contributed by atoms with Crippen molar-refractivity contribution >= 4 is 5.91 Å². The number of nitrogens with zero attached hydrogens (tertiary/aromatic N) is 3. The first kappa shape index (κ1) is 16.4. The lowest BCUT2D eigenvalue weighted by Crippen LogP contribution is -2.32. The zero-order valence-electron chi connectivity index (χ0n) is 13.7. The molecule has 3 rings (SSSR count). The first-order chi connectivity index (χ1) is 11.5. The van der Waals surface area contributed by atoms with Gasteiger partial charge in [0.25, 0.3) is 5.91 Å². The van der Waals surface area contributed by atoms with Crippen molar-refractivity contribution in [1.82, 2.24) is 14.7 Å². The van der Waals surface area contributed by atoms with Gasteiger partial charge in [-0.2, -0.15) is 5.10 Å². The standard InChI is InChI=1S/C17H19F2N3O2/c1-3-21(10-12-13(18)6-4-7-14(12)19)16(23)15-11(2)17-22(20-15)8-5-9-24-17/h4,6-7H,3,5,8-10H2,1-2H3. The predicted octanol–water partition coefficient (Wildman–Crippen LogP) is 2.91. The minimum atomic E-state index is -0.662. The maximum absolute atomic E-state index is 13.9. The number of fused-ring (bicyclic) bond motifs is 1. The van der Waals surface area contributed by atoms with Crippen LogP contribution in [0.15, 0.2) is 18.2 Å². The van der Waals surface area contributed by atoms with Crippen molar-refractivity contribution in [3.8, 4) is 5.88 Å². The van der Waals surface area contributed by atoms with E-state index in [1.54, 1.807) is 18.5 Å². The van der Waals surface area contributed by atoms with E-state index < -0.39 is 11.6 Å². The first-order valence-corrected chi connectivity index (χ1v) is 7.95. The molecule has 1 aliphatic rings. The Hall–Kier alpha value is -2.44. The van der Waals surface area contributed by atoms with Gasteiger partial charge in [0.15, 0.2) is 5.69 Å². The van der Waals surface area contributed by atoms with Crippen molar-refractivity contribution < 1.29 is 18.3 Å². The number of rotatable bonds is 4. The molecule has 0 saturated carbocycles. The highest BCUT2D eigenvalue weighted by Gasteiger charge is 2.27. The zero-order chi connectivity index (χ0) is 17.3. The molecule has 1 aromatic carbocycles. The lowest BCUT2D eigenvalue weighted by molar-refractivity contribution is 0.0742. The van der Waals surface area contributed by atoms with Gasteiger partial charge in [0.05, 0.1) is 13.2 Å². The molecule has 0 saturated heterocycles. The molecule has 5 nitrogen and oxygen atoms in total. The lowest BCUT2D eigenvalue weighted by Gasteiger charge is -2.21. The largest absolute Gasteiger partial charge is 0.478 e. The van der Waals surface area contributed by atoms with E-state index in [9.17, 15) is 13.6 Å². The normalized spacial score (nSPS) is 13.3. The van der Waals surface area contributed by atoms with Gasteiger partial charge in [-0.05, 0) is 26.0 Å². The summed E-state index contributed by atoms with van der Waals surface area (Å²) in [6.45, 7) is 4.99. The van der Waals surface area contributed by atoms with Crippen molar-refractivity contribution in [3.63, 3.8) is 0 Å². The highest BCUT2D eigenvalue weighted by molar-refractivity contribution is 5.94. The van der Waals surface area contributed by atoms with Crippen LogP contribution in [0, 0.1) is 18.6 Å². The number of aryl methyl sites for hydroxylation is 1. The van der Waals surface area contributed by atoms with Gasteiger partial charge in [-0.3, -0.25) is 4.79 Å². The summed E-state index contributed by atoms with van der Waals surface area (Å²) in [7, 11) is 0. The summed E-state index contributed by atoms with van der Waals surface area (Å²) in [6.07, 6.45) is 0.833. The zero-order valence-corrected chi connectivity index (χ0v) is 13.7. The highest BCUT2D eigenvalue weighted by atomic mass is 19.1. The molecule has 2 heterocycles. The average Bonchev–Trinajstić information content (AvgIpc) is 2.91. The Morgan fingerprint density at radius 1 is 1.38 bits per heavy atom. The van der Waals surface area contributed by atoms with Gasteiger partial charge < -0.3 is 9.64 Å². The number of benzene rings is 1. The molecule has 128 valence electrons. The fraction of sp³-hybridized carbons (Fsp3) is 0.412. The molecule has 24 heavy (non-hydrogen) atoms. The van der Waals surface area contributed by atoms with Crippen LogP contribution in [0.25, 0.3) is 0 Å². The second-order valence-electron chi connectivity index (χ2n) is 5.72. The fourth-order valence-electron chi connectivity index (χ4n) is 2.81. The number of carbonyl (C=O) groups excluding carboxylic acids is 1. The molecule has 1 amide bonds. The summed E-state index contributed by atoms with van der Waals surface area (Å²) in [5.74, 6) is -1.09. The highest BCUT2D eigenvalue weighted by Crippen LogP contribution is 2.26. The third-order valence-corrected chi connectivity index (χ3v) is 4.17. The minimum absolute atomic E-state index is 0.120. The molecular weight excluding hydrogens is 316 g/mol. The summed E-state index contributed by atoms with van der Waals surface area (Å²) >= 11 is 0. The molecule has 2 aromatic rings. The van der Waals surface area contributed by atoms with Gasteiger partial charge in [-0.15, -0.1) is 0 Å². The Morgan fingerprint density at radius 2 is 2.08 bits per heavy atom. The van der Waals surface area contributed by atoms with E-state index in [1.807, 2.05) is 0 Å². The van der Waals surface area contributed by atoms with Gasteiger partial charge in [0.1, 0.15) is 11.6 Å². The number of aromatic nitrogens is 2. The van der Waals surface area contributed by atoms with Crippen molar-refractivity contribution in [2.75, 3.05) is 13.2 Å². The van der Waals surface area contributed by atoms with Crippen LogP contribution in [0.1, 0.15) is 35.0 Å². The fourth-order valence-corrected chi connectivity index (χ4v) is 2.81. The summed E-state index contributed by atoms with van der Waals surface area (Å²) < 4.78 is 35.0. The van der Waals surface area contributed by atoms with Crippen LogP contribution in [-0.4, -0.2) is 33.7 Å². The number of carbonyl (C=O) groups is 1.